The third-order valence-corrected chi connectivity index (χ3v) is 5.61. The fourth-order valence-electron chi connectivity index (χ4n) is 2.25. The molecule has 1 nitrogen and oxygen atoms in total. The van der Waals surface area contributed by atoms with Gasteiger partial charge < -0.3 is 4.74 Å². The lowest BCUT2D eigenvalue weighted by molar-refractivity contribution is 0.306. The van der Waals surface area contributed by atoms with Crippen LogP contribution in [0, 0.1) is 6.07 Å². The zero-order valence-corrected chi connectivity index (χ0v) is 14.3. The first kappa shape index (κ1) is 15.3. The first-order valence-corrected chi connectivity index (χ1v) is 9.35. The summed E-state index contributed by atoms with van der Waals surface area (Å²) in [5, 5.41) is 2.12. The van der Waals surface area contributed by atoms with Crippen LogP contribution in [0.15, 0.2) is 47.8 Å². The topological polar surface area (TPSA) is 9.23 Å². The highest BCUT2D eigenvalue weighted by molar-refractivity contribution is 7.23. The minimum Gasteiger partial charge on any atom is -0.494 e. The van der Waals surface area contributed by atoms with Crippen LogP contribution >= 0.6 is 22.7 Å². The van der Waals surface area contributed by atoms with E-state index in [0.717, 1.165) is 24.3 Å². The minimum absolute atomic E-state index is 0.794. The molecule has 2 aromatic heterocycles. The fraction of sp³-hybridized carbons (Fsp3) is 0.263. The van der Waals surface area contributed by atoms with Crippen molar-refractivity contribution >= 4 is 22.7 Å². The molecule has 0 aliphatic rings. The monoisotopic (exact) mass is 327 g/mol. The Balaban J connectivity index is 1.72. The number of benzene rings is 1. The van der Waals surface area contributed by atoms with Crippen molar-refractivity contribution in [2.75, 3.05) is 6.61 Å². The predicted molar refractivity (Wildman–Crippen MR) is 96.9 cm³/mol. The van der Waals surface area contributed by atoms with Crippen molar-refractivity contribution in [3.8, 4) is 25.9 Å². The van der Waals surface area contributed by atoms with E-state index < -0.39 is 0 Å². The molecule has 3 heteroatoms. The van der Waals surface area contributed by atoms with Gasteiger partial charge in [0.15, 0.2) is 0 Å². The molecule has 3 rings (SSSR count). The van der Waals surface area contributed by atoms with Gasteiger partial charge in [-0.3, -0.25) is 0 Å². The number of ether oxygens (including phenoxy) is 1. The summed E-state index contributed by atoms with van der Waals surface area (Å²) in [5.74, 6) is 0.941. The molecule has 0 amide bonds. The Morgan fingerprint density at radius 2 is 1.95 bits per heavy atom. The summed E-state index contributed by atoms with van der Waals surface area (Å²) in [4.78, 5) is 3.87. The quantitative estimate of drug-likeness (QED) is 0.449. The van der Waals surface area contributed by atoms with Gasteiger partial charge >= 0.3 is 0 Å². The van der Waals surface area contributed by atoms with E-state index in [-0.39, 0.29) is 0 Å². The van der Waals surface area contributed by atoms with E-state index in [1.54, 1.807) is 11.3 Å². The first-order valence-electron chi connectivity index (χ1n) is 7.65. The normalized spacial score (nSPS) is 10.8. The highest BCUT2D eigenvalue weighted by atomic mass is 32.1. The van der Waals surface area contributed by atoms with Gasteiger partial charge in [-0.15, -0.1) is 22.7 Å². The molecule has 3 aromatic rings. The Bertz CT molecular complexity index is 698. The molecule has 1 aromatic carbocycles. The molecule has 0 saturated heterocycles. The number of hydrogen-bond acceptors (Lipinski definition) is 3. The Hall–Kier alpha value is -1.58. The van der Waals surface area contributed by atoms with E-state index in [1.807, 2.05) is 23.5 Å². The van der Waals surface area contributed by atoms with Crippen LogP contribution in [0.5, 0.6) is 5.75 Å². The van der Waals surface area contributed by atoms with Crippen LogP contribution < -0.4 is 4.74 Å². The van der Waals surface area contributed by atoms with Crippen LogP contribution in [0.1, 0.15) is 26.2 Å². The van der Waals surface area contributed by atoms with Crippen LogP contribution in [0.3, 0.4) is 0 Å². The third kappa shape index (κ3) is 3.79. The fourth-order valence-corrected chi connectivity index (χ4v) is 4.07. The average Bonchev–Trinajstić information content (AvgIpc) is 3.22. The van der Waals surface area contributed by atoms with Crippen LogP contribution in [-0.4, -0.2) is 6.61 Å². The molecule has 0 aliphatic carbocycles. The summed E-state index contributed by atoms with van der Waals surface area (Å²) in [6.07, 6.45) is 3.56. The van der Waals surface area contributed by atoms with E-state index in [4.69, 9.17) is 4.74 Å². The SMILES string of the molecule is CCCCCOc1cc[c]c(-c2ccc(-c3cccs3)s2)c1. The minimum atomic E-state index is 0.794. The molecule has 1 radical (unpaired) electrons. The lowest BCUT2D eigenvalue weighted by Gasteiger charge is -2.06. The predicted octanol–water partition coefficient (Wildman–Crippen LogP) is 6.51. The molecule has 0 N–H and O–H groups in total. The molecule has 0 aliphatic heterocycles. The Labute approximate surface area is 140 Å². The van der Waals surface area contributed by atoms with Gasteiger partial charge in [0.1, 0.15) is 5.75 Å². The van der Waals surface area contributed by atoms with Gasteiger partial charge in [0, 0.05) is 20.2 Å². The second-order valence-corrected chi connectivity index (χ2v) is 7.17. The molecule has 0 unspecified atom stereocenters. The summed E-state index contributed by atoms with van der Waals surface area (Å²) in [6.45, 7) is 3.00. The van der Waals surface area contributed by atoms with Crippen LogP contribution in [-0.2, 0) is 0 Å². The molecule has 113 valence electrons. The van der Waals surface area contributed by atoms with E-state index in [9.17, 15) is 0 Å². The molecular weight excluding hydrogens is 308 g/mol. The third-order valence-electron chi connectivity index (χ3n) is 3.43. The van der Waals surface area contributed by atoms with Crippen molar-refractivity contribution in [3.05, 3.63) is 53.9 Å². The number of hydrogen-bond donors (Lipinski definition) is 0. The van der Waals surface area contributed by atoms with Crippen LogP contribution in [0.2, 0.25) is 0 Å². The average molecular weight is 327 g/mol. The lowest BCUT2D eigenvalue weighted by atomic mass is 10.2. The van der Waals surface area contributed by atoms with Crippen molar-refractivity contribution < 1.29 is 4.74 Å². The second kappa shape index (κ2) is 7.61. The van der Waals surface area contributed by atoms with Crippen molar-refractivity contribution in [2.45, 2.75) is 26.2 Å². The molecule has 0 saturated carbocycles. The largest absolute Gasteiger partial charge is 0.494 e. The second-order valence-electron chi connectivity index (χ2n) is 5.13. The van der Waals surface area contributed by atoms with Crippen molar-refractivity contribution in [2.24, 2.45) is 0 Å². The van der Waals surface area contributed by atoms with Gasteiger partial charge in [-0.2, -0.15) is 0 Å². The van der Waals surface area contributed by atoms with Gasteiger partial charge in [0.05, 0.1) is 6.61 Å². The molecule has 0 atom stereocenters. The summed E-state index contributed by atoms with van der Waals surface area (Å²) in [5.41, 5.74) is 1.11. The van der Waals surface area contributed by atoms with Crippen molar-refractivity contribution in [3.63, 3.8) is 0 Å². The maximum absolute atomic E-state index is 5.84. The van der Waals surface area contributed by atoms with Crippen LogP contribution in [0.4, 0.5) is 0 Å². The first-order chi connectivity index (χ1) is 10.9. The molecular formula is C19H19OS2. The van der Waals surface area contributed by atoms with Crippen molar-refractivity contribution in [1.82, 2.24) is 0 Å². The van der Waals surface area contributed by atoms with Gasteiger partial charge in [-0.05, 0) is 48.2 Å². The molecule has 22 heavy (non-hydrogen) atoms. The standard InChI is InChI=1S/C19H19OS2/c1-2-3-4-12-20-16-8-5-7-15(14-16)17-10-11-19(22-17)18-9-6-13-21-18/h5-6,8-11,13-14H,2-4,12H2,1H3. The Morgan fingerprint density at radius 3 is 2.77 bits per heavy atom. The van der Waals surface area contributed by atoms with Gasteiger partial charge in [0.2, 0.25) is 0 Å². The maximum Gasteiger partial charge on any atom is 0.119 e. The van der Waals surface area contributed by atoms with Gasteiger partial charge in [-0.25, -0.2) is 0 Å². The summed E-state index contributed by atoms with van der Waals surface area (Å²) in [6, 6.07) is 18.0. The zero-order valence-electron chi connectivity index (χ0n) is 12.7. The van der Waals surface area contributed by atoms with E-state index >= 15 is 0 Å². The number of unbranched alkanes of at least 4 members (excludes halogenated alkanes) is 2. The Kier molecular flexibility index (Phi) is 5.30. The van der Waals surface area contributed by atoms with Gasteiger partial charge in [-0.1, -0.05) is 31.9 Å². The van der Waals surface area contributed by atoms with E-state index in [1.165, 1.54) is 27.5 Å². The molecule has 0 bridgehead atoms. The number of thiophene rings is 2. The Morgan fingerprint density at radius 1 is 1.05 bits per heavy atom. The van der Waals surface area contributed by atoms with Crippen molar-refractivity contribution in [1.29, 1.82) is 0 Å². The highest BCUT2D eigenvalue weighted by Gasteiger charge is 2.07. The van der Waals surface area contributed by atoms with Gasteiger partial charge in [0.25, 0.3) is 0 Å². The summed E-state index contributed by atoms with van der Waals surface area (Å²) in [7, 11) is 0. The molecule has 2 heterocycles. The number of rotatable bonds is 7. The zero-order chi connectivity index (χ0) is 15.2. The van der Waals surface area contributed by atoms with E-state index in [0.29, 0.717) is 0 Å². The molecule has 0 spiro atoms. The summed E-state index contributed by atoms with van der Waals surface area (Å²) >= 11 is 3.59. The maximum atomic E-state index is 5.84. The van der Waals surface area contributed by atoms with Crippen LogP contribution in [0.25, 0.3) is 20.2 Å². The smallest absolute Gasteiger partial charge is 0.119 e. The summed E-state index contributed by atoms with van der Waals surface area (Å²) < 4.78 is 5.84. The highest BCUT2D eigenvalue weighted by Crippen LogP contribution is 2.37. The lowest BCUT2D eigenvalue weighted by Crippen LogP contribution is -1.96. The molecule has 0 fully saturated rings. The van der Waals surface area contributed by atoms with E-state index in [2.05, 4.69) is 48.7 Å².